The molecule has 0 radical (unpaired) electrons. The van der Waals surface area contributed by atoms with Crippen LogP contribution in [-0.4, -0.2) is 15.9 Å². The van der Waals surface area contributed by atoms with Crippen LogP contribution in [0, 0.1) is 10.1 Å². The highest BCUT2D eigenvalue weighted by Gasteiger charge is 2.08. The van der Waals surface area contributed by atoms with Gasteiger partial charge in [0.2, 0.25) is 0 Å². The second kappa shape index (κ2) is 5.95. The highest BCUT2D eigenvalue weighted by Crippen LogP contribution is 2.13. The molecular formula is C14H15N3O2. The molecule has 1 atom stereocenters. The lowest BCUT2D eigenvalue weighted by Crippen LogP contribution is -2.18. The van der Waals surface area contributed by atoms with Crippen LogP contribution in [0.15, 0.2) is 48.7 Å². The highest BCUT2D eigenvalue weighted by atomic mass is 16.6. The first kappa shape index (κ1) is 13.0. The lowest BCUT2D eigenvalue weighted by atomic mass is 10.1. The molecule has 0 saturated heterocycles. The lowest BCUT2D eigenvalue weighted by molar-refractivity contribution is -0.389. The molecule has 1 N–H and O–H groups in total. The van der Waals surface area contributed by atoms with Gasteiger partial charge in [0.15, 0.2) is 6.20 Å². The van der Waals surface area contributed by atoms with E-state index in [1.165, 1.54) is 17.8 Å². The number of nitrogens with one attached hydrogen (secondary N) is 1. The number of anilines is 1. The number of nitro groups is 1. The highest BCUT2D eigenvalue weighted by molar-refractivity contribution is 5.44. The van der Waals surface area contributed by atoms with Crippen molar-refractivity contribution in [3.05, 3.63) is 64.3 Å². The van der Waals surface area contributed by atoms with Crippen LogP contribution in [0.5, 0.6) is 0 Å². The van der Waals surface area contributed by atoms with Gasteiger partial charge in [0.25, 0.3) is 0 Å². The SMILES string of the molecule is CC(Cc1ccccc1)Nc1ccc([N+](=O)[O-])nc1. The van der Waals surface area contributed by atoms with E-state index in [4.69, 9.17) is 0 Å². The maximum absolute atomic E-state index is 10.5. The summed E-state index contributed by atoms with van der Waals surface area (Å²) in [4.78, 5) is 13.8. The number of aromatic nitrogens is 1. The number of hydrogen-bond donors (Lipinski definition) is 1. The summed E-state index contributed by atoms with van der Waals surface area (Å²) < 4.78 is 0. The molecule has 0 saturated carbocycles. The Bertz CT molecular complexity index is 540. The molecule has 0 aliphatic heterocycles. The molecule has 98 valence electrons. The molecule has 19 heavy (non-hydrogen) atoms. The second-order valence-corrected chi connectivity index (χ2v) is 4.40. The van der Waals surface area contributed by atoms with Crippen molar-refractivity contribution in [3.8, 4) is 0 Å². The maximum Gasteiger partial charge on any atom is 0.363 e. The molecule has 1 unspecified atom stereocenters. The standard InChI is InChI=1S/C14H15N3O2/c1-11(9-12-5-3-2-4-6-12)16-13-7-8-14(15-10-13)17(18)19/h2-8,10-11,16H,9H2,1H3. The van der Waals surface area contributed by atoms with E-state index in [9.17, 15) is 10.1 Å². The third kappa shape index (κ3) is 3.77. The minimum atomic E-state index is -0.503. The third-order valence-corrected chi connectivity index (χ3v) is 2.73. The third-order valence-electron chi connectivity index (χ3n) is 2.73. The summed E-state index contributed by atoms with van der Waals surface area (Å²) in [7, 11) is 0. The Morgan fingerprint density at radius 1 is 1.26 bits per heavy atom. The van der Waals surface area contributed by atoms with E-state index in [0.29, 0.717) is 0 Å². The predicted molar refractivity (Wildman–Crippen MR) is 74.1 cm³/mol. The molecule has 0 bridgehead atoms. The summed E-state index contributed by atoms with van der Waals surface area (Å²) in [6, 6.07) is 13.5. The Kier molecular flexibility index (Phi) is 4.07. The van der Waals surface area contributed by atoms with Gasteiger partial charge >= 0.3 is 5.82 Å². The van der Waals surface area contributed by atoms with Crippen molar-refractivity contribution < 1.29 is 4.92 Å². The molecule has 5 heteroatoms. The van der Waals surface area contributed by atoms with Gasteiger partial charge in [-0.05, 0) is 34.9 Å². The van der Waals surface area contributed by atoms with Crippen LogP contribution in [0.2, 0.25) is 0 Å². The summed E-state index contributed by atoms with van der Waals surface area (Å²) in [6.45, 7) is 2.06. The first-order chi connectivity index (χ1) is 9.15. The molecule has 1 aromatic carbocycles. The number of hydrogen-bond acceptors (Lipinski definition) is 4. The molecule has 0 aliphatic rings. The van der Waals surface area contributed by atoms with Crippen LogP contribution in [-0.2, 0) is 6.42 Å². The predicted octanol–water partition coefficient (Wildman–Crippen LogP) is 3.03. The first-order valence-corrected chi connectivity index (χ1v) is 6.06. The lowest BCUT2D eigenvalue weighted by Gasteiger charge is -2.14. The van der Waals surface area contributed by atoms with Crippen molar-refractivity contribution in [3.63, 3.8) is 0 Å². The molecule has 0 amide bonds. The average molecular weight is 257 g/mol. The zero-order valence-corrected chi connectivity index (χ0v) is 10.6. The fourth-order valence-electron chi connectivity index (χ4n) is 1.88. The number of benzene rings is 1. The van der Waals surface area contributed by atoms with Crippen molar-refractivity contribution in [2.75, 3.05) is 5.32 Å². The second-order valence-electron chi connectivity index (χ2n) is 4.40. The van der Waals surface area contributed by atoms with Crippen molar-refractivity contribution in [1.29, 1.82) is 0 Å². The van der Waals surface area contributed by atoms with Gasteiger partial charge in [0, 0.05) is 12.1 Å². The van der Waals surface area contributed by atoms with Crippen LogP contribution in [0.4, 0.5) is 11.5 Å². The Morgan fingerprint density at radius 3 is 2.58 bits per heavy atom. The van der Waals surface area contributed by atoms with Crippen molar-refractivity contribution >= 4 is 11.5 Å². The normalized spacial score (nSPS) is 11.8. The minimum Gasteiger partial charge on any atom is -0.379 e. The van der Waals surface area contributed by atoms with Crippen molar-refractivity contribution in [1.82, 2.24) is 4.98 Å². The Balaban J connectivity index is 1.95. The molecule has 0 fully saturated rings. The maximum atomic E-state index is 10.5. The van der Waals surface area contributed by atoms with Gasteiger partial charge in [-0.15, -0.1) is 0 Å². The number of nitrogens with zero attached hydrogens (tertiary/aromatic N) is 2. The van der Waals surface area contributed by atoms with Crippen molar-refractivity contribution in [2.45, 2.75) is 19.4 Å². The van der Waals surface area contributed by atoms with Crippen LogP contribution in [0.1, 0.15) is 12.5 Å². The van der Waals surface area contributed by atoms with Gasteiger partial charge < -0.3 is 15.4 Å². The van der Waals surface area contributed by atoms with Gasteiger partial charge in [-0.3, -0.25) is 0 Å². The monoisotopic (exact) mass is 257 g/mol. The van der Waals surface area contributed by atoms with Gasteiger partial charge in [0.05, 0.1) is 5.69 Å². The van der Waals surface area contributed by atoms with E-state index >= 15 is 0 Å². The van der Waals surface area contributed by atoms with E-state index in [1.54, 1.807) is 6.07 Å². The first-order valence-electron chi connectivity index (χ1n) is 6.06. The fraction of sp³-hybridized carbons (Fsp3) is 0.214. The molecule has 0 spiro atoms. The molecule has 2 aromatic rings. The van der Waals surface area contributed by atoms with E-state index in [1.807, 2.05) is 18.2 Å². The topological polar surface area (TPSA) is 68.1 Å². The van der Waals surface area contributed by atoms with Crippen LogP contribution >= 0.6 is 0 Å². The van der Waals surface area contributed by atoms with Crippen molar-refractivity contribution in [2.24, 2.45) is 0 Å². The fourth-order valence-corrected chi connectivity index (χ4v) is 1.88. The Labute approximate surface area is 111 Å². The molecule has 0 aliphatic carbocycles. The zero-order valence-electron chi connectivity index (χ0n) is 10.6. The average Bonchev–Trinajstić information content (AvgIpc) is 2.40. The number of rotatable bonds is 5. The molecule has 5 nitrogen and oxygen atoms in total. The quantitative estimate of drug-likeness (QED) is 0.660. The van der Waals surface area contributed by atoms with Gasteiger partial charge in [-0.25, -0.2) is 0 Å². The molecule has 1 aromatic heterocycles. The molecule has 2 rings (SSSR count). The minimum absolute atomic E-state index is 0.138. The molecule has 1 heterocycles. The number of pyridine rings is 1. The van der Waals surface area contributed by atoms with Crippen LogP contribution in [0.25, 0.3) is 0 Å². The van der Waals surface area contributed by atoms with Gasteiger partial charge in [-0.1, -0.05) is 30.3 Å². The van der Waals surface area contributed by atoms with E-state index in [2.05, 4.69) is 29.4 Å². The summed E-state index contributed by atoms with van der Waals surface area (Å²) in [5, 5.41) is 13.8. The smallest absolute Gasteiger partial charge is 0.363 e. The van der Waals surface area contributed by atoms with Crippen LogP contribution < -0.4 is 5.32 Å². The summed E-state index contributed by atoms with van der Waals surface area (Å²) in [5.74, 6) is -0.138. The Morgan fingerprint density at radius 2 is 2.00 bits per heavy atom. The molecular weight excluding hydrogens is 242 g/mol. The van der Waals surface area contributed by atoms with Gasteiger partial charge in [0.1, 0.15) is 0 Å². The van der Waals surface area contributed by atoms with Crippen LogP contribution in [0.3, 0.4) is 0 Å². The largest absolute Gasteiger partial charge is 0.379 e. The zero-order chi connectivity index (χ0) is 13.7. The Hall–Kier alpha value is -2.43. The summed E-state index contributed by atoms with van der Waals surface area (Å²) >= 11 is 0. The van der Waals surface area contributed by atoms with E-state index in [-0.39, 0.29) is 11.9 Å². The van der Waals surface area contributed by atoms with Gasteiger partial charge in [-0.2, -0.15) is 0 Å². The van der Waals surface area contributed by atoms with E-state index < -0.39 is 4.92 Å². The summed E-state index contributed by atoms with van der Waals surface area (Å²) in [5.41, 5.74) is 2.03. The summed E-state index contributed by atoms with van der Waals surface area (Å²) in [6.07, 6.45) is 2.37. The van der Waals surface area contributed by atoms with E-state index in [0.717, 1.165) is 12.1 Å².